The van der Waals surface area contributed by atoms with Crippen molar-refractivity contribution in [2.75, 3.05) is 30.8 Å². The Balaban J connectivity index is 2.11. The van der Waals surface area contributed by atoms with Crippen LogP contribution in [0.2, 0.25) is 0 Å². The number of hydrogen-bond acceptors (Lipinski definition) is 5. The SMILES string of the molecule is COC1CCN(c2ccncc2N)CC1N. The summed E-state index contributed by atoms with van der Waals surface area (Å²) in [5.74, 6) is 0. The summed E-state index contributed by atoms with van der Waals surface area (Å²) in [5.41, 5.74) is 13.6. The number of nitrogens with two attached hydrogens (primary N) is 2. The minimum Gasteiger partial charge on any atom is -0.396 e. The van der Waals surface area contributed by atoms with E-state index in [1.165, 1.54) is 0 Å². The Morgan fingerprint density at radius 2 is 2.38 bits per heavy atom. The first-order valence-electron chi connectivity index (χ1n) is 5.45. The Morgan fingerprint density at radius 3 is 3.00 bits per heavy atom. The Morgan fingerprint density at radius 1 is 1.56 bits per heavy atom. The monoisotopic (exact) mass is 222 g/mol. The summed E-state index contributed by atoms with van der Waals surface area (Å²) in [5, 5.41) is 0. The standard InChI is InChI=1S/C11H18N4O/c1-16-11-3-5-15(7-9(11)13)10-2-4-14-6-8(10)12/h2,4,6,9,11H,3,5,7,12-13H2,1H3. The molecule has 4 N–H and O–H groups in total. The van der Waals surface area contributed by atoms with Gasteiger partial charge in [0.15, 0.2) is 0 Å². The van der Waals surface area contributed by atoms with Gasteiger partial charge in [-0.05, 0) is 12.5 Å². The third kappa shape index (κ3) is 2.10. The fourth-order valence-electron chi connectivity index (χ4n) is 2.16. The number of anilines is 2. The second-order valence-corrected chi connectivity index (χ2v) is 4.11. The fourth-order valence-corrected chi connectivity index (χ4v) is 2.16. The topological polar surface area (TPSA) is 77.4 Å². The number of nitrogens with zero attached hydrogens (tertiary/aromatic N) is 2. The van der Waals surface area contributed by atoms with Crippen molar-refractivity contribution in [3.05, 3.63) is 18.5 Å². The van der Waals surface area contributed by atoms with E-state index in [4.69, 9.17) is 16.2 Å². The van der Waals surface area contributed by atoms with Gasteiger partial charge in [-0.15, -0.1) is 0 Å². The third-order valence-corrected chi connectivity index (χ3v) is 3.06. The van der Waals surface area contributed by atoms with E-state index < -0.39 is 0 Å². The first-order valence-corrected chi connectivity index (χ1v) is 5.45. The zero-order chi connectivity index (χ0) is 11.5. The van der Waals surface area contributed by atoms with Crippen LogP contribution in [0.15, 0.2) is 18.5 Å². The van der Waals surface area contributed by atoms with Gasteiger partial charge in [-0.3, -0.25) is 4.98 Å². The second-order valence-electron chi connectivity index (χ2n) is 4.11. The molecule has 2 heterocycles. The van der Waals surface area contributed by atoms with Gasteiger partial charge in [-0.2, -0.15) is 0 Å². The largest absolute Gasteiger partial charge is 0.396 e. The minimum atomic E-state index is 0.0336. The molecule has 0 radical (unpaired) electrons. The van der Waals surface area contributed by atoms with E-state index in [1.807, 2.05) is 6.07 Å². The molecular weight excluding hydrogens is 204 g/mol. The van der Waals surface area contributed by atoms with Crippen molar-refractivity contribution in [1.29, 1.82) is 0 Å². The number of aromatic nitrogens is 1. The summed E-state index contributed by atoms with van der Waals surface area (Å²) in [6, 6.07) is 1.96. The summed E-state index contributed by atoms with van der Waals surface area (Å²) < 4.78 is 5.32. The van der Waals surface area contributed by atoms with Crippen molar-refractivity contribution in [2.45, 2.75) is 18.6 Å². The number of ether oxygens (including phenoxy) is 1. The van der Waals surface area contributed by atoms with E-state index in [0.717, 1.165) is 25.2 Å². The number of nitrogen functional groups attached to an aromatic ring is 1. The van der Waals surface area contributed by atoms with E-state index >= 15 is 0 Å². The van der Waals surface area contributed by atoms with E-state index in [1.54, 1.807) is 19.5 Å². The predicted octanol–water partition coefficient (Wildman–Crippen LogP) is 0.216. The maximum absolute atomic E-state index is 6.04. The van der Waals surface area contributed by atoms with Crippen LogP contribution in [0.4, 0.5) is 11.4 Å². The van der Waals surface area contributed by atoms with Crippen LogP contribution >= 0.6 is 0 Å². The van der Waals surface area contributed by atoms with Crippen molar-refractivity contribution < 1.29 is 4.74 Å². The lowest BCUT2D eigenvalue weighted by Gasteiger charge is -2.37. The highest BCUT2D eigenvalue weighted by atomic mass is 16.5. The lowest BCUT2D eigenvalue weighted by atomic mass is 10.0. The Labute approximate surface area is 95.4 Å². The van der Waals surface area contributed by atoms with Crippen LogP contribution in [0.25, 0.3) is 0 Å². The van der Waals surface area contributed by atoms with Gasteiger partial charge in [0.05, 0.1) is 23.7 Å². The van der Waals surface area contributed by atoms with Gasteiger partial charge in [0.25, 0.3) is 0 Å². The molecule has 0 saturated carbocycles. The van der Waals surface area contributed by atoms with Gasteiger partial charge in [0, 0.05) is 32.4 Å². The minimum absolute atomic E-state index is 0.0336. The molecule has 2 unspecified atom stereocenters. The predicted molar refractivity (Wildman–Crippen MR) is 64.3 cm³/mol. The molecule has 1 aromatic heterocycles. The fraction of sp³-hybridized carbons (Fsp3) is 0.545. The number of methoxy groups -OCH3 is 1. The van der Waals surface area contributed by atoms with Crippen LogP contribution in [0.3, 0.4) is 0 Å². The van der Waals surface area contributed by atoms with E-state index in [0.29, 0.717) is 5.69 Å². The summed E-state index contributed by atoms with van der Waals surface area (Å²) >= 11 is 0. The molecule has 0 aliphatic carbocycles. The molecule has 5 nitrogen and oxygen atoms in total. The quantitative estimate of drug-likeness (QED) is 0.748. The van der Waals surface area contributed by atoms with Crippen LogP contribution in [0, 0.1) is 0 Å². The Hall–Kier alpha value is -1.33. The van der Waals surface area contributed by atoms with E-state index in [9.17, 15) is 0 Å². The van der Waals surface area contributed by atoms with Gasteiger partial charge in [-0.1, -0.05) is 0 Å². The molecule has 0 amide bonds. The molecule has 1 aromatic rings. The van der Waals surface area contributed by atoms with Gasteiger partial charge in [-0.25, -0.2) is 0 Å². The first-order chi connectivity index (χ1) is 7.72. The molecule has 1 aliphatic rings. The highest BCUT2D eigenvalue weighted by molar-refractivity contribution is 5.66. The number of piperidine rings is 1. The molecule has 0 bridgehead atoms. The van der Waals surface area contributed by atoms with Crippen LogP contribution < -0.4 is 16.4 Å². The molecule has 88 valence electrons. The molecule has 2 atom stereocenters. The van der Waals surface area contributed by atoms with Crippen molar-refractivity contribution >= 4 is 11.4 Å². The highest BCUT2D eigenvalue weighted by Gasteiger charge is 2.27. The van der Waals surface area contributed by atoms with E-state index in [-0.39, 0.29) is 12.1 Å². The molecule has 2 rings (SSSR count). The summed E-state index contributed by atoms with van der Waals surface area (Å²) in [7, 11) is 1.71. The van der Waals surface area contributed by atoms with Crippen molar-refractivity contribution in [3.8, 4) is 0 Å². The molecule has 1 aliphatic heterocycles. The second kappa shape index (κ2) is 4.67. The normalized spacial score (nSPS) is 25.8. The van der Waals surface area contributed by atoms with Gasteiger partial charge in [0.1, 0.15) is 0 Å². The third-order valence-electron chi connectivity index (χ3n) is 3.06. The smallest absolute Gasteiger partial charge is 0.0756 e. The lowest BCUT2D eigenvalue weighted by molar-refractivity contribution is 0.0665. The zero-order valence-corrected chi connectivity index (χ0v) is 9.47. The average Bonchev–Trinajstić information content (AvgIpc) is 2.29. The summed E-state index contributed by atoms with van der Waals surface area (Å²) in [4.78, 5) is 6.17. The molecule has 5 heteroatoms. The van der Waals surface area contributed by atoms with Gasteiger partial charge in [0.2, 0.25) is 0 Å². The number of hydrogen-bond donors (Lipinski definition) is 2. The van der Waals surface area contributed by atoms with E-state index in [2.05, 4.69) is 9.88 Å². The number of pyridine rings is 1. The Bertz CT molecular complexity index is 358. The maximum Gasteiger partial charge on any atom is 0.0756 e. The van der Waals surface area contributed by atoms with Crippen molar-refractivity contribution in [1.82, 2.24) is 4.98 Å². The van der Waals surface area contributed by atoms with Crippen LogP contribution in [-0.2, 0) is 4.74 Å². The van der Waals surface area contributed by atoms with Gasteiger partial charge >= 0.3 is 0 Å². The molecule has 1 saturated heterocycles. The molecule has 0 aromatic carbocycles. The van der Waals surface area contributed by atoms with Crippen molar-refractivity contribution in [2.24, 2.45) is 5.73 Å². The van der Waals surface area contributed by atoms with Crippen LogP contribution in [0.1, 0.15) is 6.42 Å². The molecule has 16 heavy (non-hydrogen) atoms. The maximum atomic E-state index is 6.04. The molecule has 1 fully saturated rings. The Kier molecular flexibility index (Phi) is 3.26. The molecule has 0 spiro atoms. The lowest BCUT2D eigenvalue weighted by Crippen LogP contribution is -2.52. The van der Waals surface area contributed by atoms with Gasteiger partial charge < -0.3 is 21.1 Å². The van der Waals surface area contributed by atoms with Crippen LogP contribution in [-0.4, -0.2) is 37.3 Å². The average molecular weight is 222 g/mol. The summed E-state index contributed by atoms with van der Waals surface area (Å²) in [6.45, 7) is 1.69. The molecular formula is C11H18N4O. The first kappa shape index (κ1) is 11.2. The van der Waals surface area contributed by atoms with Crippen LogP contribution in [0.5, 0.6) is 0 Å². The highest BCUT2D eigenvalue weighted by Crippen LogP contribution is 2.25. The zero-order valence-electron chi connectivity index (χ0n) is 9.47. The van der Waals surface area contributed by atoms with Crippen molar-refractivity contribution in [3.63, 3.8) is 0 Å². The number of rotatable bonds is 2. The summed E-state index contributed by atoms with van der Waals surface area (Å²) in [6.07, 6.45) is 4.50.